The minimum absolute atomic E-state index is 0.0231. The van der Waals surface area contributed by atoms with Crippen LogP contribution in [-0.2, 0) is 6.54 Å². The number of benzene rings is 1. The second-order valence-electron chi connectivity index (χ2n) is 9.15. The van der Waals surface area contributed by atoms with Gasteiger partial charge in [-0.25, -0.2) is 19.0 Å². The van der Waals surface area contributed by atoms with Gasteiger partial charge < -0.3 is 10.5 Å². The van der Waals surface area contributed by atoms with Crippen LogP contribution in [-0.4, -0.2) is 35.6 Å². The molecular formula is C24H23FN8O. The normalized spacial score (nSPS) is 20.0. The number of ether oxygens (including phenoxy) is 1. The third-order valence-corrected chi connectivity index (χ3v) is 6.57. The number of nitriles is 1. The monoisotopic (exact) mass is 458 g/mol. The van der Waals surface area contributed by atoms with Crippen LogP contribution in [0.3, 0.4) is 0 Å². The molecule has 9 nitrogen and oxygen atoms in total. The summed E-state index contributed by atoms with van der Waals surface area (Å²) >= 11 is 0. The largest absolute Gasteiger partial charge is 0.435 e. The molecule has 2 atom stereocenters. The lowest BCUT2D eigenvalue weighted by atomic mass is 10.1. The number of nitrogens with two attached hydrogens (primary N) is 1. The van der Waals surface area contributed by atoms with E-state index in [1.54, 1.807) is 12.3 Å². The lowest BCUT2D eigenvalue weighted by Crippen LogP contribution is -2.16. The molecule has 0 bridgehead atoms. The fourth-order valence-corrected chi connectivity index (χ4v) is 4.62. The average Bonchev–Trinajstić information content (AvgIpc) is 3.18. The van der Waals surface area contributed by atoms with Crippen molar-refractivity contribution in [3.8, 4) is 29.0 Å². The Kier molecular flexibility index (Phi) is 4.99. The van der Waals surface area contributed by atoms with Gasteiger partial charge in [-0.2, -0.15) is 15.5 Å². The minimum Gasteiger partial charge on any atom is -0.435 e. The summed E-state index contributed by atoms with van der Waals surface area (Å²) < 4.78 is 24.4. The zero-order chi connectivity index (χ0) is 23.2. The van der Waals surface area contributed by atoms with Gasteiger partial charge in [0.25, 0.3) is 0 Å². The minimum atomic E-state index is -0.605. The zero-order valence-corrected chi connectivity index (χ0v) is 18.4. The molecule has 3 aromatic heterocycles. The summed E-state index contributed by atoms with van der Waals surface area (Å²) in [5.74, 6) is 0.969. The molecule has 2 aliphatic rings. The van der Waals surface area contributed by atoms with Gasteiger partial charge in [0, 0.05) is 18.2 Å². The van der Waals surface area contributed by atoms with Crippen LogP contribution in [0.25, 0.3) is 22.3 Å². The molecule has 6 rings (SSSR count). The fraction of sp³-hybridized carbons (Fsp3) is 0.375. The molecule has 0 saturated heterocycles. The van der Waals surface area contributed by atoms with Crippen LogP contribution in [0.2, 0.25) is 0 Å². The molecule has 3 heterocycles. The number of fused-ring (bicyclic) bond motifs is 1. The molecule has 4 aromatic rings. The van der Waals surface area contributed by atoms with Crippen LogP contribution in [0, 0.1) is 23.1 Å². The first-order chi connectivity index (χ1) is 16.6. The number of aromatic nitrogens is 6. The van der Waals surface area contributed by atoms with E-state index in [-0.39, 0.29) is 17.6 Å². The van der Waals surface area contributed by atoms with Crippen molar-refractivity contribution >= 4 is 11.0 Å². The Bertz CT molecular complexity index is 1420. The lowest BCUT2D eigenvalue weighted by Gasteiger charge is -2.11. The number of hydrogen-bond acceptors (Lipinski definition) is 7. The molecule has 2 saturated carbocycles. The maximum absolute atomic E-state index is 14.5. The van der Waals surface area contributed by atoms with E-state index in [4.69, 9.17) is 20.8 Å². The average molecular weight is 459 g/mol. The summed E-state index contributed by atoms with van der Waals surface area (Å²) in [6.07, 6.45) is 10.0. The highest BCUT2D eigenvalue weighted by Gasteiger charge is 2.29. The van der Waals surface area contributed by atoms with Crippen molar-refractivity contribution in [3.63, 3.8) is 0 Å². The Morgan fingerprint density at radius 1 is 1.21 bits per heavy atom. The molecule has 1 aromatic carbocycles. The van der Waals surface area contributed by atoms with E-state index in [0.29, 0.717) is 39.8 Å². The smallest absolute Gasteiger partial charge is 0.234 e. The molecule has 0 radical (unpaired) electrons. The summed E-state index contributed by atoms with van der Waals surface area (Å²) in [5, 5.41) is 18.9. The highest BCUT2D eigenvalue weighted by molar-refractivity contribution is 5.95. The predicted octanol–water partition coefficient (Wildman–Crippen LogP) is 3.96. The van der Waals surface area contributed by atoms with Crippen molar-refractivity contribution in [2.45, 2.75) is 50.7 Å². The van der Waals surface area contributed by atoms with Crippen LogP contribution in [0.5, 0.6) is 11.6 Å². The number of rotatable bonds is 6. The van der Waals surface area contributed by atoms with Crippen molar-refractivity contribution in [2.75, 3.05) is 0 Å². The lowest BCUT2D eigenvalue weighted by molar-refractivity contribution is 0.463. The van der Waals surface area contributed by atoms with Gasteiger partial charge in [0.15, 0.2) is 11.4 Å². The van der Waals surface area contributed by atoms with Crippen LogP contribution < -0.4 is 10.5 Å². The van der Waals surface area contributed by atoms with Crippen LogP contribution >= 0.6 is 0 Å². The number of hydrogen-bond donors (Lipinski definition) is 1. The summed E-state index contributed by atoms with van der Waals surface area (Å²) in [6.45, 7) is 0.873. The highest BCUT2D eigenvalue weighted by Crippen LogP contribution is 2.39. The fourth-order valence-electron chi connectivity index (χ4n) is 4.62. The molecule has 34 heavy (non-hydrogen) atoms. The Morgan fingerprint density at radius 2 is 2.09 bits per heavy atom. The Balaban J connectivity index is 1.46. The summed E-state index contributed by atoms with van der Waals surface area (Å²) in [5.41, 5.74) is 7.76. The first-order valence-electron chi connectivity index (χ1n) is 11.5. The van der Waals surface area contributed by atoms with Gasteiger partial charge >= 0.3 is 0 Å². The number of halogens is 1. The second-order valence-corrected chi connectivity index (χ2v) is 9.15. The van der Waals surface area contributed by atoms with E-state index in [9.17, 15) is 4.39 Å². The quantitative estimate of drug-likeness (QED) is 0.464. The van der Waals surface area contributed by atoms with Crippen molar-refractivity contribution in [3.05, 3.63) is 48.3 Å². The Morgan fingerprint density at radius 3 is 2.82 bits per heavy atom. The summed E-state index contributed by atoms with van der Waals surface area (Å²) in [4.78, 5) is 8.90. The first kappa shape index (κ1) is 20.7. The van der Waals surface area contributed by atoms with Crippen molar-refractivity contribution in [1.82, 2.24) is 29.5 Å². The van der Waals surface area contributed by atoms with Crippen LogP contribution in [0.1, 0.15) is 43.7 Å². The molecule has 0 unspecified atom stereocenters. The molecule has 0 amide bonds. The van der Waals surface area contributed by atoms with Gasteiger partial charge in [-0.05, 0) is 50.2 Å². The van der Waals surface area contributed by atoms with Gasteiger partial charge in [-0.15, -0.1) is 0 Å². The third kappa shape index (κ3) is 3.78. The van der Waals surface area contributed by atoms with Crippen molar-refractivity contribution in [2.24, 2.45) is 11.7 Å². The van der Waals surface area contributed by atoms with Crippen molar-refractivity contribution < 1.29 is 9.13 Å². The molecule has 2 N–H and O–H groups in total. The number of nitrogens with zero attached hydrogens (tertiary/aromatic N) is 7. The topological polar surface area (TPSA) is 120 Å². The van der Waals surface area contributed by atoms with Crippen molar-refractivity contribution in [1.29, 1.82) is 5.26 Å². The van der Waals surface area contributed by atoms with Gasteiger partial charge in [-0.3, -0.25) is 4.68 Å². The van der Waals surface area contributed by atoms with Gasteiger partial charge in [0.05, 0.1) is 24.0 Å². The molecule has 2 aliphatic carbocycles. The zero-order valence-electron chi connectivity index (χ0n) is 18.4. The molecule has 0 aliphatic heterocycles. The van der Waals surface area contributed by atoms with E-state index in [1.165, 1.54) is 31.3 Å². The Hall–Kier alpha value is -3.84. The van der Waals surface area contributed by atoms with E-state index < -0.39 is 5.82 Å². The molecule has 0 spiro atoms. The van der Waals surface area contributed by atoms with Gasteiger partial charge in [0.2, 0.25) is 5.88 Å². The Labute approximate surface area is 195 Å². The standard InChI is InChI=1S/C24H23FN8O/c25-20-7-15(3-4-16(20)9-26)22-21-23(33(31-22)18-6-5-17(27)8-18)28-13-29-24(21)34-19-10-30-32(12-19)11-14-1-2-14/h3-4,7,10,12-14,17-18H,1-2,5-6,8,11,27H2/t17-,18-/m1/s1. The van der Waals surface area contributed by atoms with Crippen LogP contribution in [0.15, 0.2) is 36.9 Å². The maximum atomic E-state index is 14.5. The first-order valence-corrected chi connectivity index (χ1v) is 11.5. The van der Waals surface area contributed by atoms with E-state index in [0.717, 1.165) is 25.8 Å². The van der Waals surface area contributed by atoms with Gasteiger partial charge in [0.1, 0.15) is 29.3 Å². The van der Waals surface area contributed by atoms with E-state index in [2.05, 4.69) is 15.1 Å². The van der Waals surface area contributed by atoms with Crippen LogP contribution in [0.4, 0.5) is 4.39 Å². The third-order valence-electron chi connectivity index (χ3n) is 6.57. The maximum Gasteiger partial charge on any atom is 0.234 e. The molecule has 172 valence electrons. The SMILES string of the molecule is N#Cc1ccc(-c2nn([C@@H]3CC[C@@H](N)C3)c3ncnc(Oc4cnn(CC5CC5)c4)c23)cc1F. The van der Waals surface area contributed by atoms with E-state index >= 15 is 0 Å². The van der Waals surface area contributed by atoms with Gasteiger partial charge in [-0.1, -0.05) is 6.07 Å². The van der Waals surface area contributed by atoms with E-state index in [1.807, 2.05) is 21.6 Å². The summed E-state index contributed by atoms with van der Waals surface area (Å²) in [6, 6.07) is 6.49. The molecule has 2 fully saturated rings. The predicted molar refractivity (Wildman–Crippen MR) is 121 cm³/mol. The molecule has 10 heteroatoms. The second kappa shape index (κ2) is 8.18. The summed E-state index contributed by atoms with van der Waals surface area (Å²) in [7, 11) is 0. The molecular weight excluding hydrogens is 435 g/mol. The highest BCUT2D eigenvalue weighted by atomic mass is 19.1.